The third-order valence-corrected chi connectivity index (χ3v) is 3.00. The first-order valence-corrected chi connectivity index (χ1v) is 6.46. The van der Waals surface area contributed by atoms with Crippen molar-refractivity contribution in [2.24, 2.45) is 0 Å². The van der Waals surface area contributed by atoms with Crippen molar-refractivity contribution in [1.29, 1.82) is 0 Å². The highest BCUT2D eigenvalue weighted by molar-refractivity contribution is 5.92. The summed E-state index contributed by atoms with van der Waals surface area (Å²) in [6, 6.07) is 7.42. The first-order chi connectivity index (χ1) is 9.43. The summed E-state index contributed by atoms with van der Waals surface area (Å²) in [5.74, 6) is -0.154. The second kappa shape index (κ2) is 7.49. The zero-order valence-corrected chi connectivity index (χ0v) is 12.4. The lowest BCUT2D eigenvalue weighted by molar-refractivity contribution is -0.127. The Morgan fingerprint density at radius 2 is 1.80 bits per heavy atom. The normalized spacial score (nSPS) is 11.6. The number of carbonyl (C=O) groups excluding carboxylic acids is 2. The highest BCUT2D eigenvalue weighted by Gasteiger charge is 2.07. The van der Waals surface area contributed by atoms with E-state index in [0.717, 1.165) is 5.56 Å². The van der Waals surface area contributed by atoms with Crippen molar-refractivity contribution in [2.75, 3.05) is 33.0 Å². The summed E-state index contributed by atoms with van der Waals surface area (Å²) in [7, 11) is 5.18. The number of nitrogens with one attached hydrogen (secondary N) is 3. The molecular formula is C14H22N4O2. The Morgan fingerprint density at radius 3 is 2.30 bits per heavy atom. The Bertz CT molecular complexity index is 457. The minimum atomic E-state index is -0.394. The minimum absolute atomic E-state index is 0.0201. The van der Waals surface area contributed by atoms with Crippen LogP contribution in [0.5, 0.6) is 0 Å². The van der Waals surface area contributed by atoms with Crippen molar-refractivity contribution in [3.8, 4) is 0 Å². The lowest BCUT2D eigenvalue weighted by Crippen LogP contribution is -2.38. The number of hydrogen-bond acceptors (Lipinski definition) is 3. The number of urea groups is 1. The fourth-order valence-corrected chi connectivity index (χ4v) is 1.51. The summed E-state index contributed by atoms with van der Waals surface area (Å²) in [4.78, 5) is 24.4. The summed E-state index contributed by atoms with van der Waals surface area (Å²) in [6.45, 7) is 2.04. The molecule has 0 spiro atoms. The summed E-state index contributed by atoms with van der Waals surface area (Å²) in [6.07, 6.45) is 0. The number of rotatable bonds is 5. The minimum Gasteiger partial charge on any atom is -0.347 e. The fourth-order valence-electron chi connectivity index (χ4n) is 1.51. The molecule has 0 aliphatic heterocycles. The van der Waals surface area contributed by atoms with Gasteiger partial charge in [0.25, 0.3) is 0 Å². The molecule has 1 aromatic carbocycles. The number of carbonyl (C=O) groups is 2. The fraction of sp³-hybridized carbons (Fsp3) is 0.429. The van der Waals surface area contributed by atoms with Crippen molar-refractivity contribution in [3.05, 3.63) is 29.8 Å². The van der Waals surface area contributed by atoms with E-state index in [1.54, 1.807) is 14.1 Å². The van der Waals surface area contributed by atoms with E-state index in [0.29, 0.717) is 5.69 Å². The molecule has 0 aliphatic carbocycles. The smallest absolute Gasteiger partial charge is 0.319 e. The molecule has 0 radical (unpaired) electrons. The predicted molar refractivity (Wildman–Crippen MR) is 79.6 cm³/mol. The lowest BCUT2D eigenvalue weighted by Gasteiger charge is -2.13. The summed E-state index contributed by atoms with van der Waals surface area (Å²) >= 11 is 0. The Hall–Kier alpha value is -2.08. The van der Waals surface area contributed by atoms with Gasteiger partial charge < -0.3 is 20.9 Å². The molecule has 0 heterocycles. The molecule has 3 amide bonds. The molecule has 0 fully saturated rings. The van der Waals surface area contributed by atoms with Gasteiger partial charge in [-0.3, -0.25) is 4.79 Å². The van der Waals surface area contributed by atoms with E-state index in [1.807, 2.05) is 31.3 Å². The molecule has 3 N–H and O–H groups in total. The van der Waals surface area contributed by atoms with E-state index in [9.17, 15) is 9.59 Å². The lowest BCUT2D eigenvalue weighted by atomic mass is 10.1. The second-order valence-electron chi connectivity index (χ2n) is 4.73. The Morgan fingerprint density at radius 1 is 1.20 bits per heavy atom. The van der Waals surface area contributed by atoms with Crippen LogP contribution in [-0.2, 0) is 4.79 Å². The summed E-state index contributed by atoms with van der Waals surface area (Å²) in [5, 5.41) is 8.33. The highest BCUT2D eigenvalue weighted by atomic mass is 16.2. The van der Waals surface area contributed by atoms with Gasteiger partial charge in [0, 0.05) is 25.8 Å². The van der Waals surface area contributed by atoms with Gasteiger partial charge in [0.2, 0.25) is 5.91 Å². The maximum Gasteiger partial charge on any atom is 0.319 e. The van der Waals surface area contributed by atoms with Gasteiger partial charge in [-0.05, 0) is 31.7 Å². The second-order valence-corrected chi connectivity index (χ2v) is 4.73. The van der Waals surface area contributed by atoms with Gasteiger partial charge in [-0.15, -0.1) is 0 Å². The van der Waals surface area contributed by atoms with Gasteiger partial charge in [-0.2, -0.15) is 0 Å². The molecular weight excluding hydrogens is 256 g/mol. The Kier molecular flexibility index (Phi) is 5.99. The van der Waals surface area contributed by atoms with Gasteiger partial charge in [-0.25, -0.2) is 4.79 Å². The average Bonchev–Trinajstić information content (AvgIpc) is 2.44. The van der Waals surface area contributed by atoms with E-state index in [1.165, 1.54) is 4.90 Å². The molecule has 110 valence electrons. The third kappa shape index (κ3) is 4.89. The maximum absolute atomic E-state index is 11.6. The predicted octanol–water partition coefficient (Wildman–Crippen LogP) is 1.18. The molecule has 6 heteroatoms. The van der Waals surface area contributed by atoms with Crippen LogP contribution < -0.4 is 16.0 Å². The van der Waals surface area contributed by atoms with Gasteiger partial charge in [-0.1, -0.05) is 12.1 Å². The van der Waals surface area contributed by atoms with Gasteiger partial charge >= 0.3 is 6.03 Å². The van der Waals surface area contributed by atoms with Crippen LogP contribution in [0.1, 0.15) is 18.5 Å². The van der Waals surface area contributed by atoms with Crippen LogP contribution in [0.3, 0.4) is 0 Å². The highest BCUT2D eigenvalue weighted by Crippen LogP contribution is 2.15. The molecule has 6 nitrogen and oxygen atoms in total. The number of benzene rings is 1. The Balaban J connectivity index is 2.48. The van der Waals surface area contributed by atoms with E-state index in [-0.39, 0.29) is 18.5 Å². The van der Waals surface area contributed by atoms with Crippen molar-refractivity contribution >= 4 is 17.6 Å². The average molecular weight is 278 g/mol. The molecule has 1 aromatic rings. The number of anilines is 1. The molecule has 0 aromatic heterocycles. The van der Waals surface area contributed by atoms with E-state index in [4.69, 9.17) is 0 Å². The number of amides is 3. The van der Waals surface area contributed by atoms with Crippen molar-refractivity contribution in [2.45, 2.75) is 13.0 Å². The van der Waals surface area contributed by atoms with E-state index >= 15 is 0 Å². The first kappa shape index (κ1) is 16.0. The molecule has 0 bridgehead atoms. The van der Waals surface area contributed by atoms with Gasteiger partial charge in [0.1, 0.15) is 0 Å². The van der Waals surface area contributed by atoms with E-state index in [2.05, 4.69) is 22.9 Å². The zero-order valence-electron chi connectivity index (χ0n) is 12.4. The topological polar surface area (TPSA) is 73.5 Å². The van der Waals surface area contributed by atoms with Gasteiger partial charge in [0.05, 0.1) is 6.54 Å². The monoisotopic (exact) mass is 278 g/mol. The number of hydrogen-bond donors (Lipinski definition) is 3. The molecule has 0 aliphatic rings. The van der Waals surface area contributed by atoms with Crippen LogP contribution in [0.2, 0.25) is 0 Å². The van der Waals surface area contributed by atoms with Crippen molar-refractivity contribution < 1.29 is 9.59 Å². The Labute approximate surface area is 119 Å². The molecule has 0 saturated carbocycles. The molecule has 1 rings (SSSR count). The molecule has 20 heavy (non-hydrogen) atoms. The quantitative estimate of drug-likeness (QED) is 0.757. The summed E-state index contributed by atoms with van der Waals surface area (Å²) < 4.78 is 0. The summed E-state index contributed by atoms with van der Waals surface area (Å²) in [5.41, 5.74) is 1.83. The van der Waals surface area contributed by atoms with Crippen LogP contribution >= 0.6 is 0 Å². The van der Waals surface area contributed by atoms with Crippen molar-refractivity contribution in [3.63, 3.8) is 0 Å². The van der Waals surface area contributed by atoms with Crippen LogP contribution in [0.15, 0.2) is 24.3 Å². The largest absolute Gasteiger partial charge is 0.347 e. The van der Waals surface area contributed by atoms with Crippen molar-refractivity contribution in [1.82, 2.24) is 15.5 Å². The number of likely N-dealkylation sites (N-methyl/N-ethyl adjacent to an activating group) is 1. The van der Waals surface area contributed by atoms with Crippen LogP contribution in [0, 0.1) is 0 Å². The van der Waals surface area contributed by atoms with E-state index < -0.39 is 6.03 Å². The van der Waals surface area contributed by atoms with Crippen LogP contribution in [-0.4, -0.2) is 44.5 Å². The standard InChI is InChI=1S/C14H22N4O2/c1-10(15-2)11-5-7-12(8-6-11)17-14(20)16-9-13(19)18(3)4/h5-8,10,15H,9H2,1-4H3,(H2,16,17,20). The van der Waals surface area contributed by atoms with Crippen LogP contribution in [0.4, 0.5) is 10.5 Å². The first-order valence-electron chi connectivity index (χ1n) is 6.46. The molecule has 1 unspecified atom stereocenters. The van der Waals surface area contributed by atoms with Gasteiger partial charge in [0.15, 0.2) is 0 Å². The van der Waals surface area contributed by atoms with Crippen LogP contribution in [0.25, 0.3) is 0 Å². The third-order valence-electron chi connectivity index (χ3n) is 3.00. The maximum atomic E-state index is 11.6. The molecule has 1 atom stereocenters. The zero-order chi connectivity index (χ0) is 15.1. The SMILES string of the molecule is CNC(C)c1ccc(NC(=O)NCC(=O)N(C)C)cc1. The molecule has 0 saturated heterocycles. The number of nitrogens with zero attached hydrogens (tertiary/aromatic N) is 1.